The summed E-state index contributed by atoms with van der Waals surface area (Å²) in [4.78, 5) is 0. The highest BCUT2D eigenvalue weighted by Gasteiger charge is 2.00. The van der Waals surface area contributed by atoms with Crippen molar-refractivity contribution in [3.8, 4) is 0 Å². The third-order valence-corrected chi connectivity index (χ3v) is 2.69. The summed E-state index contributed by atoms with van der Waals surface area (Å²) in [6, 6.07) is 0. The van der Waals surface area contributed by atoms with Gasteiger partial charge in [0.2, 0.25) is 0 Å². The summed E-state index contributed by atoms with van der Waals surface area (Å²) in [6.45, 7) is 14.4. The predicted molar refractivity (Wildman–Crippen MR) is 66.5 cm³/mol. The molecule has 0 N–H and O–H groups in total. The highest BCUT2D eigenvalue weighted by Crippen LogP contribution is 2.20. The summed E-state index contributed by atoms with van der Waals surface area (Å²) < 4.78 is 0. The SMILES string of the molecule is C=CC(=C)CCC(CC)=C(C)CCC. The monoisotopic (exact) mass is 192 g/mol. The number of hydrogen-bond donors (Lipinski definition) is 0. The van der Waals surface area contributed by atoms with E-state index in [4.69, 9.17) is 0 Å². The molecule has 0 atom stereocenters. The lowest BCUT2D eigenvalue weighted by Crippen LogP contribution is -1.89. The van der Waals surface area contributed by atoms with E-state index in [0.29, 0.717) is 0 Å². The highest BCUT2D eigenvalue weighted by atomic mass is 14.1. The van der Waals surface area contributed by atoms with E-state index in [0.717, 1.165) is 18.4 Å². The first kappa shape index (κ1) is 13.2. The van der Waals surface area contributed by atoms with Gasteiger partial charge in [0.15, 0.2) is 0 Å². The second-order valence-corrected chi connectivity index (χ2v) is 3.85. The van der Waals surface area contributed by atoms with Crippen LogP contribution in [0.25, 0.3) is 0 Å². The summed E-state index contributed by atoms with van der Waals surface area (Å²) in [5.74, 6) is 0. The summed E-state index contributed by atoms with van der Waals surface area (Å²) in [5.41, 5.74) is 4.34. The van der Waals surface area contributed by atoms with Crippen molar-refractivity contribution in [2.75, 3.05) is 0 Å². The molecule has 14 heavy (non-hydrogen) atoms. The molecule has 0 bridgehead atoms. The van der Waals surface area contributed by atoms with Crippen molar-refractivity contribution in [3.05, 3.63) is 36.0 Å². The molecule has 0 saturated carbocycles. The minimum Gasteiger partial charge on any atom is -0.0988 e. The first-order valence-corrected chi connectivity index (χ1v) is 5.63. The van der Waals surface area contributed by atoms with E-state index in [1.54, 1.807) is 11.1 Å². The molecule has 0 heterocycles. The Morgan fingerprint density at radius 2 is 1.79 bits per heavy atom. The maximum absolute atomic E-state index is 3.94. The molecule has 0 nitrogen and oxygen atoms in total. The summed E-state index contributed by atoms with van der Waals surface area (Å²) >= 11 is 0. The Bertz CT molecular complexity index is 218. The molecule has 0 heteroatoms. The average molecular weight is 192 g/mol. The fraction of sp³-hybridized carbons (Fsp3) is 0.571. The van der Waals surface area contributed by atoms with Crippen molar-refractivity contribution in [1.82, 2.24) is 0 Å². The molecule has 0 amide bonds. The first-order valence-electron chi connectivity index (χ1n) is 5.63. The van der Waals surface area contributed by atoms with Gasteiger partial charge in [-0.1, -0.05) is 56.2 Å². The zero-order valence-electron chi connectivity index (χ0n) is 10.0. The molecule has 0 aliphatic rings. The van der Waals surface area contributed by atoms with Crippen LogP contribution < -0.4 is 0 Å². The average Bonchev–Trinajstić information content (AvgIpc) is 2.18. The van der Waals surface area contributed by atoms with E-state index in [1.165, 1.54) is 19.3 Å². The topological polar surface area (TPSA) is 0 Å². The zero-order chi connectivity index (χ0) is 11.0. The second-order valence-electron chi connectivity index (χ2n) is 3.85. The molecule has 0 aromatic heterocycles. The lowest BCUT2D eigenvalue weighted by Gasteiger charge is -2.09. The Labute approximate surface area is 89.4 Å². The van der Waals surface area contributed by atoms with Crippen LogP contribution in [0.15, 0.2) is 36.0 Å². The maximum Gasteiger partial charge on any atom is -0.0247 e. The van der Waals surface area contributed by atoms with E-state index >= 15 is 0 Å². The summed E-state index contributed by atoms with van der Waals surface area (Å²) in [7, 11) is 0. The molecule has 0 rings (SSSR count). The standard InChI is InChI=1S/C14H24/c1-6-9-13(5)14(8-3)11-10-12(4)7-2/h7H,2,4,6,8-11H2,1,3,5H3. The van der Waals surface area contributed by atoms with Crippen molar-refractivity contribution in [1.29, 1.82) is 0 Å². The molecule has 0 aromatic carbocycles. The van der Waals surface area contributed by atoms with Crippen LogP contribution in [-0.4, -0.2) is 0 Å². The normalized spacial score (nSPS) is 12.2. The summed E-state index contributed by atoms with van der Waals surface area (Å²) in [6.07, 6.45) is 7.75. The molecule has 0 fully saturated rings. The van der Waals surface area contributed by atoms with Gasteiger partial charge < -0.3 is 0 Å². The Morgan fingerprint density at radius 1 is 1.14 bits per heavy atom. The molecular weight excluding hydrogens is 168 g/mol. The predicted octanol–water partition coefficient (Wildman–Crippen LogP) is 5.04. The van der Waals surface area contributed by atoms with Gasteiger partial charge in [-0.25, -0.2) is 0 Å². The van der Waals surface area contributed by atoms with Gasteiger partial charge in [0, 0.05) is 0 Å². The van der Waals surface area contributed by atoms with Crippen molar-refractivity contribution in [3.63, 3.8) is 0 Å². The van der Waals surface area contributed by atoms with Crippen LogP contribution >= 0.6 is 0 Å². The third kappa shape index (κ3) is 5.06. The van der Waals surface area contributed by atoms with Crippen molar-refractivity contribution >= 4 is 0 Å². The third-order valence-electron chi connectivity index (χ3n) is 2.69. The largest absolute Gasteiger partial charge is 0.0988 e. The van der Waals surface area contributed by atoms with E-state index < -0.39 is 0 Å². The summed E-state index contributed by atoms with van der Waals surface area (Å²) in [5, 5.41) is 0. The van der Waals surface area contributed by atoms with Crippen LogP contribution in [0, 0.1) is 0 Å². The fourth-order valence-electron chi connectivity index (χ4n) is 1.66. The van der Waals surface area contributed by atoms with E-state index in [9.17, 15) is 0 Å². The minimum absolute atomic E-state index is 1.06. The zero-order valence-corrected chi connectivity index (χ0v) is 10.0. The van der Waals surface area contributed by atoms with E-state index in [-0.39, 0.29) is 0 Å². The van der Waals surface area contributed by atoms with Crippen LogP contribution in [0.1, 0.15) is 52.9 Å². The molecule has 0 unspecified atom stereocenters. The van der Waals surface area contributed by atoms with Gasteiger partial charge in [-0.05, 0) is 32.6 Å². The second kappa shape index (κ2) is 7.61. The Balaban J connectivity index is 4.20. The lowest BCUT2D eigenvalue weighted by molar-refractivity contribution is 0.818. The van der Waals surface area contributed by atoms with Gasteiger partial charge in [0.25, 0.3) is 0 Å². The Hall–Kier alpha value is -0.780. The van der Waals surface area contributed by atoms with Crippen molar-refractivity contribution < 1.29 is 0 Å². The molecular formula is C14H24. The Kier molecular flexibility index (Phi) is 7.18. The minimum atomic E-state index is 1.06. The van der Waals surface area contributed by atoms with Crippen LogP contribution in [0.5, 0.6) is 0 Å². The number of hydrogen-bond acceptors (Lipinski definition) is 0. The molecule has 80 valence electrons. The van der Waals surface area contributed by atoms with Gasteiger partial charge in [-0.2, -0.15) is 0 Å². The maximum atomic E-state index is 3.94. The molecule has 0 spiro atoms. The van der Waals surface area contributed by atoms with Crippen molar-refractivity contribution in [2.45, 2.75) is 52.9 Å². The molecule has 0 aliphatic heterocycles. The van der Waals surface area contributed by atoms with Crippen LogP contribution in [0.3, 0.4) is 0 Å². The van der Waals surface area contributed by atoms with E-state index in [1.807, 2.05) is 6.08 Å². The fourth-order valence-corrected chi connectivity index (χ4v) is 1.66. The molecule has 0 aliphatic carbocycles. The van der Waals surface area contributed by atoms with Gasteiger partial charge in [0.05, 0.1) is 0 Å². The van der Waals surface area contributed by atoms with Crippen LogP contribution in [0.2, 0.25) is 0 Å². The number of rotatable bonds is 7. The van der Waals surface area contributed by atoms with Gasteiger partial charge in [0.1, 0.15) is 0 Å². The number of allylic oxidation sites excluding steroid dienone is 4. The molecule has 0 aromatic rings. The highest BCUT2D eigenvalue weighted by molar-refractivity contribution is 5.17. The Morgan fingerprint density at radius 3 is 2.21 bits per heavy atom. The van der Waals surface area contributed by atoms with Gasteiger partial charge in [-0.3, -0.25) is 0 Å². The smallest absolute Gasteiger partial charge is 0.0247 e. The van der Waals surface area contributed by atoms with Gasteiger partial charge >= 0.3 is 0 Å². The first-order chi connectivity index (χ1) is 6.65. The van der Waals surface area contributed by atoms with Crippen LogP contribution in [-0.2, 0) is 0 Å². The van der Waals surface area contributed by atoms with Crippen molar-refractivity contribution in [2.24, 2.45) is 0 Å². The molecule has 0 saturated heterocycles. The quantitative estimate of drug-likeness (QED) is 0.392. The van der Waals surface area contributed by atoms with E-state index in [2.05, 4.69) is 33.9 Å². The van der Waals surface area contributed by atoms with Gasteiger partial charge in [-0.15, -0.1) is 0 Å². The van der Waals surface area contributed by atoms with Crippen LogP contribution in [0.4, 0.5) is 0 Å². The molecule has 0 radical (unpaired) electrons. The lowest BCUT2D eigenvalue weighted by atomic mass is 9.97.